The van der Waals surface area contributed by atoms with Crippen LogP contribution in [0.4, 0.5) is 0 Å². The van der Waals surface area contributed by atoms with Crippen LogP contribution < -0.4 is 0 Å². The van der Waals surface area contributed by atoms with E-state index < -0.39 is 11.6 Å². The standard InChI is InChI=1S/C16H24O3/c1-3-4-5-6-7-8-9-10-13-12(2)14(17)11-15(18)16(13)19/h11,17H,3-10H2,1-2H3. The van der Waals surface area contributed by atoms with E-state index in [2.05, 4.69) is 6.92 Å². The third-order valence-corrected chi connectivity index (χ3v) is 3.63. The predicted octanol–water partition coefficient (Wildman–Crippen LogP) is 4.04. The van der Waals surface area contributed by atoms with E-state index in [0.29, 0.717) is 17.6 Å². The summed E-state index contributed by atoms with van der Waals surface area (Å²) < 4.78 is 0. The van der Waals surface area contributed by atoms with Crippen LogP contribution in [-0.4, -0.2) is 16.7 Å². The van der Waals surface area contributed by atoms with Gasteiger partial charge < -0.3 is 5.11 Å². The molecule has 0 saturated carbocycles. The fourth-order valence-electron chi connectivity index (χ4n) is 2.33. The molecule has 3 nitrogen and oxygen atoms in total. The maximum absolute atomic E-state index is 11.7. The zero-order valence-electron chi connectivity index (χ0n) is 12.0. The van der Waals surface area contributed by atoms with Crippen molar-refractivity contribution in [1.29, 1.82) is 0 Å². The van der Waals surface area contributed by atoms with Crippen molar-refractivity contribution < 1.29 is 14.7 Å². The first kappa shape index (κ1) is 15.7. The lowest BCUT2D eigenvalue weighted by Crippen LogP contribution is -2.20. The summed E-state index contributed by atoms with van der Waals surface area (Å²) in [7, 11) is 0. The number of carbonyl (C=O) groups is 2. The molecule has 0 radical (unpaired) electrons. The average molecular weight is 264 g/mol. The fourth-order valence-corrected chi connectivity index (χ4v) is 2.33. The second-order valence-electron chi connectivity index (χ2n) is 5.20. The Morgan fingerprint density at radius 3 is 2.21 bits per heavy atom. The number of allylic oxidation sites excluding steroid dienone is 3. The van der Waals surface area contributed by atoms with Crippen LogP contribution in [0.15, 0.2) is 23.0 Å². The molecule has 0 saturated heterocycles. The Morgan fingerprint density at radius 1 is 1.00 bits per heavy atom. The summed E-state index contributed by atoms with van der Waals surface area (Å²) in [5, 5.41) is 9.57. The molecule has 0 heterocycles. The van der Waals surface area contributed by atoms with Gasteiger partial charge >= 0.3 is 0 Å². The van der Waals surface area contributed by atoms with Crippen molar-refractivity contribution in [3.05, 3.63) is 23.0 Å². The van der Waals surface area contributed by atoms with Crippen LogP contribution in [0.1, 0.15) is 65.2 Å². The molecule has 0 unspecified atom stereocenters. The molecule has 0 atom stereocenters. The zero-order valence-corrected chi connectivity index (χ0v) is 12.0. The molecule has 0 bridgehead atoms. The Bertz CT molecular complexity index is 402. The highest BCUT2D eigenvalue weighted by Crippen LogP contribution is 2.23. The molecular formula is C16H24O3. The minimum atomic E-state index is -0.596. The highest BCUT2D eigenvalue weighted by Gasteiger charge is 2.25. The van der Waals surface area contributed by atoms with Gasteiger partial charge in [-0.05, 0) is 25.3 Å². The van der Waals surface area contributed by atoms with E-state index in [-0.39, 0.29) is 5.76 Å². The third kappa shape index (κ3) is 4.66. The summed E-state index contributed by atoms with van der Waals surface area (Å²) >= 11 is 0. The average Bonchev–Trinajstić information content (AvgIpc) is 2.39. The minimum Gasteiger partial charge on any atom is -0.508 e. The van der Waals surface area contributed by atoms with Crippen LogP contribution in [0.2, 0.25) is 0 Å². The normalized spacial score (nSPS) is 16.0. The number of carbonyl (C=O) groups excluding carboxylic acids is 2. The molecule has 0 aromatic carbocycles. The van der Waals surface area contributed by atoms with E-state index in [4.69, 9.17) is 0 Å². The SMILES string of the molecule is CCCCCCCCCC1=C(C)C(O)=CC(=O)C1=O. The Labute approximate surface area is 115 Å². The molecule has 1 aliphatic carbocycles. The minimum absolute atomic E-state index is 0.0532. The van der Waals surface area contributed by atoms with E-state index in [1.165, 1.54) is 32.1 Å². The number of hydrogen-bond donors (Lipinski definition) is 1. The summed E-state index contributed by atoms with van der Waals surface area (Å²) in [6.07, 6.45) is 9.83. The molecule has 0 aromatic rings. The van der Waals surface area contributed by atoms with Gasteiger partial charge in [0.1, 0.15) is 5.76 Å². The highest BCUT2D eigenvalue weighted by molar-refractivity contribution is 6.48. The van der Waals surface area contributed by atoms with Gasteiger partial charge in [-0.3, -0.25) is 9.59 Å². The van der Waals surface area contributed by atoms with Crippen LogP contribution in [-0.2, 0) is 9.59 Å². The number of unbranched alkanes of at least 4 members (excludes halogenated alkanes) is 6. The molecule has 0 aliphatic heterocycles. The summed E-state index contributed by atoms with van der Waals surface area (Å²) in [5.41, 5.74) is 1.06. The summed E-state index contributed by atoms with van der Waals surface area (Å²) in [6.45, 7) is 3.90. The van der Waals surface area contributed by atoms with Gasteiger partial charge in [0.05, 0.1) is 0 Å². The van der Waals surface area contributed by atoms with Crippen LogP contribution in [0.5, 0.6) is 0 Å². The van der Waals surface area contributed by atoms with E-state index >= 15 is 0 Å². The first-order valence-corrected chi connectivity index (χ1v) is 7.27. The van der Waals surface area contributed by atoms with Crippen molar-refractivity contribution in [3.8, 4) is 0 Å². The van der Waals surface area contributed by atoms with E-state index in [1.807, 2.05) is 0 Å². The van der Waals surface area contributed by atoms with Crippen molar-refractivity contribution in [2.24, 2.45) is 0 Å². The Hall–Kier alpha value is -1.38. The molecule has 19 heavy (non-hydrogen) atoms. The van der Waals surface area contributed by atoms with Gasteiger partial charge in [-0.25, -0.2) is 0 Å². The first-order valence-electron chi connectivity index (χ1n) is 7.27. The maximum atomic E-state index is 11.7. The monoisotopic (exact) mass is 264 g/mol. The third-order valence-electron chi connectivity index (χ3n) is 3.63. The molecule has 0 spiro atoms. The van der Waals surface area contributed by atoms with Crippen molar-refractivity contribution in [3.63, 3.8) is 0 Å². The van der Waals surface area contributed by atoms with Crippen LogP contribution in [0.3, 0.4) is 0 Å². The number of aliphatic hydroxyl groups is 1. The predicted molar refractivity (Wildman–Crippen MR) is 76.0 cm³/mol. The topological polar surface area (TPSA) is 54.4 Å². The van der Waals surface area contributed by atoms with Crippen LogP contribution >= 0.6 is 0 Å². The van der Waals surface area contributed by atoms with Gasteiger partial charge in [-0.15, -0.1) is 0 Å². The second kappa shape index (κ2) is 7.93. The van der Waals surface area contributed by atoms with E-state index in [1.54, 1.807) is 6.92 Å². The number of hydrogen-bond acceptors (Lipinski definition) is 3. The fraction of sp³-hybridized carbons (Fsp3) is 0.625. The van der Waals surface area contributed by atoms with Gasteiger partial charge in [-0.1, -0.05) is 45.4 Å². The number of aliphatic hydroxyl groups excluding tert-OH is 1. The Balaban J connectivity index is 2.35. The van der Waals surface area contributed by atoms with Gasteiger partial charge in [0, 0.05) is 11.6 Å². The molecule has 3 heteroatoms. The lowest BCUT2D eigenvalue weighted by molar-refractivity contribution is -0.132. The number of ketones is 2. The molecule has 0 amide bonds. The molecule has 106 valence electrons. The molecule has 1 rings (SSSR count). The molecular weight excluding hydrogens is 240 g/mol. The summed E-state index contributed by atoms with van der Waals surface area (Å²) in [4.78, 5) is 23.1. The lowest BCUT2D eigenvalue weighted by Gasteiger charge is -2.13. The quantitative estimate of drug-likeness (QED) is 0.409. The molecule has 1 aliphatic rings. The van der Waals surface area contributed by atoms with Crippen molar-refractivity contribution in [2.45, 2.75) is 65.2 Å². The smallest absolute Gasteiger partial charge is 0.229 e. The Kier molecular flexibility index (Phi) is 6.54. The van der Waals surface area contributed by atoms with Crippen molar-refractivity contribution in [2.75, 3.05) is 0 Å². The largest absolute Gasteiger partial charge is 0.508 e. The first-order chi connectivity index (χ1) is 9.07. The van der Waals surface area contributed by atoms with Crippen LogP contribution in [0, 0.1) is 0 Å². The maximum Gasteiger partial charge on any atom is 0.229 e. The lowest BCUT2D eigenvalue weighted by atomic mass is 9.91. The second-order valence-corrected chi connectivity index (χ2v) is 5.20. The summed E-state index contributed by atoms with van der Waals surface area (Å²) in [5.74, 6) is -1.09. The van der Waals surface area contributed by atoms with E-state index in [9.17, 15) is 14.7 Å². The summed E-state index contributed by atoms with van der Waals surface area (Å²) in [6, 6.07) is 0. The van der Waals surface area contributed by atoms with Gasteiger partial charge in [0.2, 0.25) is 11.6 Å². The number of Topliss-reactive ketones (excluding diaryl/α,β-unsaturated/α-hetero) is 1. The van der Waals surface area contributed by atoms with Gasteiger partial charge in [0.25, 0.3) is 0 Å². The van der Waals surface area contributed by atoms with Crippen LogP contribution in [0.25, 0.3) is 0 Å². The molecule has 0 aromatic heterocycles. The highest BCUT2D eigenvalue weighted by atomic mass is 16.3. The Morgan fingerprint density at radius 2 is 1.58 bits per heavy atom. The van der Waals surface area contributed by atoms with Gasteiger partial charge in [0.15, 0.2) is 0 Å². The van der Waals surface area contributed by atoms with Crippen molar-refractivity contribution >= 4 is 11.6 Å². The zero-order chi connectivity index (χ0) is 14.3. The molecule has 0 fully saturated rings. The number of rotatable bonds is 8. The van der Waals surface area contributed by atoms with E-state index in [0.717, 1.165) is 18.9 Å². The molecule has 1 N–H and O–H groups in total. The van der Waals surface area contributed by atoms with Gasteiger partial charge in [-0.2, -0.15) is 0 Å². The van der Waals surface area contributed by atoms with Crippen molar-refractivity contribution in [1.82, 2.24) is 0 Å².